The highest BCUT2D eigenvalue weighted by Crippen LogP contribution is 2.46. The van der Waals surface area contributed by atoms with E-state index in [9.17, 15) is 0 Å². The molecule has 2 heterocycles. The fourth-order valence-electron chi connectivity index (χ4n) is 10.4. The molecule has 0 bridgehead atoms. The van der Waals surface area contributed by atoms with Gasteiger partial charge in [0.2, 0.25) is 0 Å². The molecule has 4 heteroatoms. The Kier molecular flexibility index (Phi) is 11.2. The van der Waals surface area contributed by atoms with E-state index in [1.54, 1.807) is 0 Å². The third-order valence-corrected chi connectivity index (χ3v) is 13.9. The largest absolute Gasteiger partial charge is 0.308 e. The first kappa shape index (κ1) is 43.3. The van der Waals surface area contributed by atoms with Gasteiger partial charge in [0.25, 0.3) is 0 Å². The lowest BCUT2D eigenvalue weighted by molar-refractivity contribution is 1.07. The number of hydrogen-bond acceptors (Lipinski definition) is 3. The average Bonchev–Trinajstić information content (AvgIpc) is 3.80. The number of fused-ring (bicyclic) bond motifs is 3. The summed E-state index contributed by atoms with van der Waals surface area (Å²) in [4.78, 5) is 16.4. The molecular formula is C69H46N4. The van der Waals surface area contributed by atoms with Gasteiger partial charge >= 0.3 is 0 Å². The summed E-state index contributed by atoms with van der Waals surface area (Å²) in [5.41, 5.74) is 19.2. The first-order valence-electron chi connectivity index (χ1n) is 24.8. The van der Waals surface area contributed by atoms with Crippen LogP contribution in [0.1, 0.15) is 0 Å². The van der Waals surface area contributed by atoms with E-state index in [2.05, 4.69) is 271 Å². The van der Waals surface area contributed by atoms with Crippen molar-refractivity contribution in [2.75, 3.05) is 0 Å². The van der Waals surface area contributed by atoms with Gasteiger partial charge < -0.3 is 4.57 Å². The molecular weight excluding hydrogens is 885 g/mol. The smallest absolute Gasteiger partial charge is 0.164 e. The number of benzene rings is 11. The maximum atomic E-state index is 5.50. The van der Waals surface area contributed by atoms with Gasteiger partial charge in [-0.1, -0.05) is 243 Å². The summed E-state index contributed by atoms with van der Waals surface area (Å²) < 4.78 is 2.49. The van der Waals surface area contributed by atoms with Crippen LogP contribution in [0.5, 0.6) is 0 Å². The molecule has 2 aromatic heterocycles. The normalized spacial score (nSPS) is 11.3. The predicted molar refractivity (Wildman–Crippen MR) is 303 cm³/mol. The molecule has 0 N–H and O–H groups in total. The number of nitrogens with zero attached hydrogens (tertiary/aromatic N) is 4. The molecule has 342 valence electrons. The van der Waals surface area contributed by atoms with Crippen LogP contribution in [0.2, 0.25) is 0 Å². The molecule has 0 aliphatic heterocycles. The van der Waals surface area contributed by atoms with Gasteiger partial charge in [0.05, 0.1) is 16.7 Å². The van der Waals surface area contributed by atoms with E-state index < -0.39 is 0 Å². The van der Waals surface area contributed by atoms with Crippen LogP contribution < -0.4 is 0 Å². The molecule has 11 aromatic carbocycles. The van der Waals surface area contributed by atoms with Crippen molar-refractivity contribution in [3.8, 4) is 107 Å². The van der Waals surface area contributed by atoms with Gasteiger partial charge in [0.15, 0.2) is 17.5 Å². The highest BCUT2D eigenvalue weighted by atomic mass is 15.0. The van der Waals surface area contributed by atoms with Crippen molar-refractivity contribution in [2.45, 2.75) is 0 Å². The summed E-state index contributed by atoms with van der Waals surface area (Å²) in [5, 5.41) is 2.36. The Bertz CT molecular complexity index is 3840. The Morgan fingerprint density at radius 3 is 0.877 bits per heavy atom. The molecule has 0 saturated heterocycles. The molecule has 0 atom stereocenters. The molecule has 4 nitrogen and oxygen atoms in total. The van der Waals surface area contributed by atoms with Crippen molar-refractivity contribution in [3.63, 3.8) is 0 Å². The van der Waals surface area contributed by atoms with Gasteiger partial charge in [-0.3, -0.25) is 0 Å². The lowest BCUT2D eigenvalue weighted by atomic mass is 9.92. The van der Waals surface area contributed by atoms with E-state index in [1.165, 1.54) is 33.0 Å². The van der Waals surface area contributed by atoms with Gasteiger partial charge in [0, 0.05) is 38.6 Å². The summed E-state index contributed by atoms with van der Waals surface area (Å²) in [6.07, 6.45) is 0. The Balaban J connectivity index is 1.12. The van der Waals surface area contributed by atoms with Crippen molar-refractivity contribution in [1.29, 1.82) is 0 Å². The summed E-state index contributed by atoms with van der Waals surface area (Å²) in [7, 11) is 0. The molecule has 0 aliphatic rings. The zero-order valence-electron chi connectivity index (χ0n) is 39.8. The number of rotatable bonds is 10. The Morgan fingerprint density at radius 1 is 0.205 bits per heavy atom. The fourth-order valence-corrected chi connectivity index (χ4v) is 10.4. The summed E-state index contributed by atoms with van der Waals surface area (Å²) in [6.45, 7) is 0. The van der Waals surface area contributed by atoms with E-state index in [-0.39, 0.29) is 0 Å². The lowest BCUT2D eigenvalue weighted by Crippen LogP contribution is -2.04. The van der Waals surface area contributed by atoms with Crippen LogP contribution in [-0.2, 0) is 0 Å². The fraction of sp³-hybridized carbons (Fsp3) is 0. The summed E-state index contributed by atoms with van der Waals surface area (Å²) in [6, 6.07) is 99.1. The third kappa shape index (κ3) is 8.17. The second-order valence-electron chi connectivity index (χ2n) is 18.3. The topological polar surface area (TPSA) is 43.6 Å². The van der Waals surface area contributed by atoms with E-state index in [0.29, 0.717) is 17.5 Å². The molecule has 0 radical (unpaired) electrons. The second-order valence-corrected chi connectivity index (χ2v) is 18.3. The maximum Gasteiger partial charge on any atom is 0.164 e. The number of hydrogen-bond donors (Lipinski definition) is 0. The van der Waals surface area contributed by atoms with Crippen molar-refractivity contribution in [3.05, 3.63) is 279 Å². The highest BCUT2D eigenvalue weighted by molar-refractivity contribution is 6.13. The van der Waals surface area contributed by atoms with Crippen LogP contribution in [0.25, 0.3) is 128 Å². The van der Waals surface area contributed by atoms with Crippen LogP contribution >= 0.6 is 0 Å². The van der Waals surface area contributed by atoms with E-state index >= 15 is 0 Å². The highest BCUT2D eigenvalue weighted by Gasteiger charge is 2.25. The van der Waals surface area contributed by atoms with Crippen molar-refractivity contribution in [1.82, 2.24) is 19.5 Å². The van der Waals surface area contributed by atoms with Gasteiger partial charge in [-0.2, -0.15) is 0 Å². The van der Waals surface area contributed by atoms with Gasteiger partial charge in [-0.15, -0.1) is 0 Å². The Morgan fingerprint density at radius 2 is 0.507 bits per heavy atom. The molecule has 0 spiro atoms. The standard InChI is InChI=1S/C69H46N4/c1-7-23-47(24-8-1)53-39-41-64-62(43-53)63-44-54(48-25-9-2-10-26-48)40-42-65(63)73(64)66-60(51-31-15-5-16-32-51)45-55(46-61(66)52-33-17-6-18-34-52)67-70-68(58-37-21-19-35-56(58)49-27-11-3-12-28-49)72-69(71-67)59-38-22-20-36-57(59)50-29-13-4-14-30-50/h1-46H. The first-order chi connectivity index (χ1) is 36.2. The first-order valence-corrected chi connectivity index (χ1v) is 24.8. The summed E-state index contributed by atoms with van der Waals surface area (Å²) in [5.74, 6) is 1.77. The molecule has 0 saturated carbocycles. The minimum absolute atomic E-state index is 0.578. The molecule has 13 rings (SSSR count). The van der Waals surface area contributed by atoms with Crippen LogP contribution in [-0.4, -0.2) is 19.5 Å². The molecule has 13 aromatic rings. The van der Waals surface area contributed by atoms with Crippen LogP contribution in [0, 0.1) is 0 Å². The average molecular weight is 931 g/mol. The Hall–Kier alpha value is -9.77. The maximum absolute atomic E-state index is 5.50. The number of aromatic nitrogens is 4. The van der Waals surface area contributed by atoms with E-state index in [1.807, 2.05) is 12.1 Å². The van der Waals surface area contributed by atoms with E-state index in [4.69, 9.17) is 15.0 Å². The van der Waals surface area contributed by atoms with Crippen LogP contribution in [0.3, 0.4) is 0 Å². The molecule has 0 unspecified atom stereocenters. The molecule has 0 aliphatic carbocycles. The van der Waals surface area contributed by atoms with Gasteiger partial charge in [-0.05, 0) is 92.0 Å². The summed E-state index contributed by atoms with van der Waals surface area (Å²) >= 11 is 0. The third-order valence-electron chi connectivity index (χ3n) is 13.9. The van der Waals surface area contributed by atoms with Crippen LogP contribution in [0.15, 0.2) is 279 Å². The molecule has 0 amide bonds. The zero-order valence-corrected chi connectivity index (χ0v) is 39.8. The van der Waals surface area contributed by atoms with Crippen LogP contribution in [0.4, 0.5) is 0 Å². The minimum atomic E-state index is 0.578. The predicted octanol–water partition coefficient (Wildman–Crippen LogP) is 18.0. The minimum Gasteiger partial charge on any atom is -0.308 e. The Labute approximate surface area is 424 Å². The van der Waals surface area contributed by atoms with E-state index in [0.717, 1.165) is 77.9 Å². The zero-order chi connectivity index (χ0) is 48.5. The molecule has 73 heavy (non-hydrogen) atoms. The van der Waals surface area contributed by atoms with Crippen molar-refractivity contribution >= 4 is 21.8 Å². The van der Waals surface area contributed by atoms with Gasteiger partial charge in [0.1, 0.15) is 0 Å². The lowest BCUT2D eigenvalue weighted by Gasteiger charge is -2.21. The van der Waals surface area contributed by atoms with Crippen molar-refractivity contribution < 1.29 is 0 Å². The quantitative estimate of drug-likeness (QED) is 0.137. The second kappa shape index (κ2) is 18.9. The van der Waals surface area contributed by atoms with Gasteiger partial charge in [-0.25, -0.2) is 15.0 Å². The molecule has 0 fully saturated rings. The monoisotopic (exact) mass is 930 g/mol. The SMILES string of the molecule is c1ccc(-c2ccc3c(c2)c2cc(-c4ccccc4)ccc2n3-c2c(-c3ccccc3)cc(-c3nc(-c4ccccc4-c4ccccc4)nc(-c4ccccc4-c4ccccc4)n3)cc2-c2ccccc2)cc1. The van der Waals surface area contributed by atoms with Crippen molar-refractivity contribution in [2.24, 2.45) is 0 Å².